The molecule has 0 amide bonds. The van der Waals surface area contributed by atoms with Crippen molar-refractivity contribution in [3.63, 3.8) is 0 Å². The number of halogens is 3. The highest BCUT2D eigenvalue weighted by Gasteiger charge is 2.09. The summed E-state index contributed by atoms with van der Waals surface area (Å²) in [5, 5.41) is 9.66. The molecule has 2 nitrogen and oxygen atoms in total. The van der Waals surface area contributed by atoms with E-state index in [1.54, 1.807) is 6.07 Å². The molecule has 1 rings (SSSR count). The lowest BCUT2D eigenvalue weighted by Crippen LogP contribution is -1.85. The number of phenolic OH excluding ortho intramolecular Hbond substituents is 1. The summed E-state index contributed by atoms with van der Waals surface area (Å²) in [6.07, 6.45) is 1.82. The first-order chi connectivity index (χ1) is 6.56. The van der Waals surface area contributed by atoms with E-state index >= 15 is 0 Å². The molecule has 0 saturated heterocycles. The van der Waals surface area contributed by atoms with E-state index in [1.165, 1.54) is 7.11 Å². The van der Waals surface area contributed by atoms with Gasteiger partial charge < -0.3 is 9.84 Å². The van der Waals surface area contributed by atoms with Crippen LogP contribution in [0.4, 0.5) is 0 Å². The Morgan fingerprint density at radius 1 is 1.43 bits per heavy atom. The number of hydrogen-bond acceptors (Lipinski definition) is 2. The predicted octanol–water partition coefficient (Wildman–Crippen LogP) is 4.25. The highest BCUT2D eigenvalue weighted by Crippen LogP contribution is 2.38. The SMILES string of the molecule is COc1ccc(C=C(Br)Br)c(Br)c1O. The van der Waals surface area contributed by atoms with Gasteiger partial charge in [-0.2, -0.15) is 0 Å². The van der Waals surface area contributed by atoms with Crippen molar-refractivity contribution in [2.45, 2.75) is 0 Å². The van der Waals surface area contributed by atoms with Crippen LogP contribution in [0.2, 0.25) is 0 Å². The topological polar surface area (TPSA) is 29.5 Å². The van der Waals surface area contributed by atoms with Gasteiger partial charge in [0.15, 0.2) is 11.5 Å². The van der Waals surface area contributed by atoms with Gasteiger partial charge in [0, 0.05) is 0 Å². The third-order valence-electron chi connectivity index (χ3n) is 1.59. The van der Waals surface area contributed by atoms with Crippen LogP contribution in [-0.4, -0.2) is 12.2 Å². The highest BCUT2D eigenvalue weighted by molar-refractivity contribution is 9.28. The van der Waals surface area contributed by atoms with Crippen LogP contribution >= 0.6 is 47.8 Å². The van der Waals surface area contributed by atoms with Gasteiger partial charge in [0.25, 0.3) is 0 Å². The fourth-order valence-corrected chi connectivity index (χ4v) is 1.89. The standard InChI is InChI=1S/C9H7Br3O2/c1-14-6-3-2-5(4-7(10)11)8(12)9(6)13/h2-4,13H,1H3. The number of benzene rings is 1. The summed E-state index contributed by atoms with van der Waals surface area (Å²) >= 11 is 9.78. The Labute approximate surface area is 107 Å². The van der Waals surface area contributed by atoms with E-state index in [2.05, 4.69) is 47.8 Å². The number of hydrogen-bond donors (Lipinski definition) is 1. The second-order valence-corrected chi connectivity index (χ2v) is 6.02. The second kappa shape index (κ2) is 5.19. The lowest BCUT2D eigenvalue weighted by molar-refractivity contribution is 0.372. The van der Waals surface area contributed by atoms with E-state index in [9.17, 15) is 5.11 Å². The van der Waals surface area contributed by atoms with Crippen LogP contribution in [0.25, 0.3) is 6.08 Å². The molecule has 76 valence electrons. The van der Waals surface area contributed by atoms with Gasteiger partial charge in [-0.25, -0.2) is 0 Å². The summed E-state index contributed by atoms with van der Waals surface area (Å²) in [5.74, 6) is 0.544. The average Bonchev–Trinajstić information content (AvgIpc) is 2.13. The molecular formula is C9H7Br3O2. The molecule has 14 heavy (non-hydrogen) atoms. The van der Waals surface area contributed by atoms with Gasteiger partial charge in [0.2, 0.25) is 0 Å². The van der Waals surface area contributed by atoms with Crippen LogP contribution in [0.3, 0.4) is 0 Å². The van der Waals surface area contributed by atoms with E-state index in [-0.39, 0.29) is 5.75 Å². The maximum atomic E-state index is 9.66. The molecule has 1 aromatic carbocycles. The fourth-order valence-electron chi connectivity index (χ4n) is 0.956. The van der Waals surface area contributed by atoms with Gasteiger partial charge in [-0.15, -0.1) is 0 Å². The van der Waals surface area contributed by atoms with Crippen LogP contribution in [0.5, 0.6) is 11.5 Å². The zero-order valence-corrected chi connectivity index (χ0v) is 12.0. The maximum absolute atomic E-state index is 9.66. The van der Waals surface area contributed by atoms with Crippen LogP contribution in [-0.2, 0) is 0 Å². The van der Waals surface area contributed by atoms with Crippen LogP contribution in [0.1, 0.15) is 5.56 Å². The van der Waals surface area contributed by atoms with Crippen LogP contribution < -0.4 is 4.74 Å². The number of ether oxygens (including phenoxy) is 1. The van der Waals surface area contributed by atoms with Crippen molar-refractivity contribution in [3.8, 4) is 11.5 Å². The Hall–Kier alpha value is -0.000000000000000167. The lowest BCUT2D eigenvalue weighted by Gasteiger charge is -2.07. The molecule has 0 aliphatic rings. The number of rotatable bonds is 2. The van der Waals surface area contributed by atoms with Crippen molar-refractivity contribution in [1.29, 1.82) is 0 Å². The van der Waals surface area contributed by atoms with Gasteiger partial charge in [-0.3, -0.25) is 0 Å². The zero-order chi connectivity index (χ0) is 10.7. The van der Waals surface area contributed by atoms with Crippen molar-refractivity contribution in [3.05, 3.63) is 25.6 Å². The van der Waals surface area contributed by atoms with Crippen molar-refractivity contribution >= 4 is 53.9 Å². The molecule has 0 unspecified atom stereocenters. The van der Waals surface area contributed by atoms with E-state index in [0.717, 1.165) is 8.96 Å². The van der Waals surface area contributed by atoms with E-state index in [4.69, 9.17) is 4.74 Å². The van der Waals surface area contributed by atoms with Gasteiger partial charge in [-0.1, -0.05) is 0 Å². The summed E-state index contributed by atoms with van der Waals surface area (Å²) in [6.45, 7) is 0. The van der Waals surface area contributed by atoms with Crippen molar-refractivity contribution in [2.24, 2.45) is 0 Å². The minimum atomic E-state index is 0.0995. The minimum Gasteiger partial charge on any atom is -0.503 e. The molecule has 0 heterocycles. The Kier molecular flexibility index (Phi) is 4.47. The third-order valence-corrected chi connectivity index (χ3v) is 2.88. The number of phenols is 1. The number of aromatic hydroxyl groups is 1. The summed E-state index contributed by atoms with van der Waals surface area (Å²) < 4.78 is 6.37. The number of methoxy groups -OCH3 is 1. The van der Waals surface area contributed by atoms with Crippen LogP contribution in [0.15, 0.2) is 20.0 Å². The molecule has 5 heteroatoms. The minimum absolute atomic E-state index is 0.0995. The first-order valence-electron chi connectivity index (χ1n) is 3.64. The van der Waals surface area contributed by atoms with E-state index in [0.29, 0.717) is 10.2 Å². The van der Waals surface area contributed by atoms with E-state index in [1.807, 2.05) is 12.1 Å². The molecule has 0 aliphatic carbocycles. The molecule has 0 bridgehead atoms. The summed E-state index contributed by atoms with van der Waals surface area (Å²) in [7, 11) is 1.51. The largest absolute Gasteiger partial charge is 0.503 e. The molecule has 1 N–H and O–H groups in total. The monoisotopic (exact) mass is 384 g/mol. The summed E-state index contributed by atoms with van der Waals surface area (Å²) in [6, 6.07) is 3.54. The molecule has 0 saturated carbocycles. The third kappa shape index (κ3) is 2.74. The Morgan fingerprint density at radius 2 is 2.07 bits per heavy atom. The Balaban J connectivity index is 3.24. The molecule has 0 aromatic heterocycles. The molecule has 0 aliphatic heterocycles. The van der Waals surface area contributed by atoms with Gasteiger partial charge in [0.05, 0.1) is 15.0 Å². The molecule has 0 radical (unpaired) electrons. The van der Waals surface area contributed by atoms with Crippen molar-refractivity contribution < 1.29 is 9.84 Å². The lowest BCUT2D eigenvalue weighted by atomic mass is 10.2. The quantitative estimate of drug-likeness (QED) is 0.823. The first-order valence-corrected chi connectivity index (χ1v) is 6.02. The highest BCUT2D eigenvalue weighted by atomic mass is 79.9. The Bertz CT molecular complexity index is 371. The summed E-state index contributed by atoms with van der Waals surface area (Å²) in [5.41, 5.74) is 0.854. The van der Waals surface area contributed by atoms with Gasteiger partial charge in [-0.05, 0) is 71.6 Å². The van der Waals surface area contributed by atoms with Gasteiger partial charge >= 0.3 is 0 Å². The van der Waals surface area contributed by atoms with Crippen molar-refractivity contribution in [1.82, 2.24) is 0 Å². The van der Waals surface area contributed by atoms with Crippen molar-refractivity contribution in [2.75, 3.05) is 7.11 Å². The zero-order valence-electron chi connectivity index (χ0n) is 7.22. The summed E-state index contributed by atoms with van der Waals surface area (Å²) in [4.78, 5) is 0. The van der Waals surface area contributed by atoms with Crippen LogP contribution in [0, 0.1) is 0 Å². The Morgan fingerprint density at radius 3 is 2.57 bits per heavy atom. The second-order valence-electron chi connectivity index (χ2n) is 2.45. The predicted molar refractivity (Wildman–Crippen MR) is 68.2 cm³/mol. The fraction of sp³-hybridized carbons (Fsp3) is 0.111. The smallest absolute Gasteiger partial charge is 0.172 e. The average molecular weight is 387 g/mol. The maximum Gasteiger partial charge on any atom is 0.172 e. The molecule has 0 fully saturated rings. The normalized spacial score (nSPS) is 9.71. The molecule has 0 spiro atoms. The van der Waals surface area contributed by atoms with E-state index < -0.39 is 0 Å². The van der Waals surface area contributed by atoms with Gasteiger partial charge in [0.1, 0.15) is 0 Å². The molecule has 1 aromatic rings. The first kappa shape index (κ1) is 12.1. The molecular weight excluding hydrogens is 380 g/mol. The molecule has 0 atom stereocenters.